The van der Waals surface area contributed by atoms with E-state index in [0.717, 1.165) is 12.8 Å². The molecule has 0 radical (unpaired) electrons. The zero-order valence-electron chi connectivity index (χ0n) is 22.6. The number of benzene rings is 1. The van der Waals surface area contributed by atoms with Gasteiger partial charge in [-0.15, -0.1) is 0 Å². The smallest absolute Gasteiger partial charge is 0.323 e. The number of carbonyl (C=O) groups excluding carboxylic acids is 1. The van der Waals surface area contributed by atoms with Gasteiger partial charge in [-0.2, -0.15) is 0 Å². The van der Waals surface area contributed by atoms with Crippen LogP contribution in [0.1, 0.15) is 90.1 Å². The van der Waals surface area contributed by atoms with Crippen LogP contribution in [0.4, 0.5) is 0 Å². The molecule has 1 heterocycles. The first-order valence-corrected chi connectivity index (χ1v) is 12.5. The highest BCUT2D eigenvalue weighted by Crippen LogP contribution is 2.34. The Morgan fingerprint density at radius 2 is 1.63 bits per heavy atom. The van der Waals surface area contributed by atoms with E-state index in [4.69, 9.17) is 4.74 Å². The van der Waals surface area contributed by atoms with Crippen molar-refractivity contribution in [1.29, 1.82) is 0 Å². The molecule has 3 N–H and O–H groups in total. The molecule has 2 rings (SSSR count). The maximum Gasteiger partial charge on any atom is 0.323 e. The van der Waals surface area contributed by atoms with Gasteiger partial charge in [-0.3, -0.25) is 14.5 Å². The van der Waals surface area contributed by atoms with Gasteiger partial charge in [-0.1, -0.05) is 13.8 Å². The van der Waals surface area contributed by atoms with Crippen LogP contribution < -0.4 is 0 Å². The summed E-state index contributed by atoms with van der Waals surface area (Å²) in [7, 11) is 0. The van der Waals surface area contributed by atoms with Crippen LogP contribution in [0.2, 0.25) is 0 Å². The molecular formula is C27H44N2O6. The average molecular weight is 493 g/mol. The zero-order valence-corrected chi connectivity index (χ0v) is 22.6. The number of piperidine rings is 1. The lowest BCUT2D eigenvalue weighted by Crippen LogP contribution is -2.56. The predicted octanol–water partition coefficient (Wildman–Crippen LogP) is 4.44. The minimum absolute atomic E-state index is 0.0145. The monoisotopic (exact) mass is 492 g/mol. The molecule has 198 valence electrons. The molecule has 1 unspecified atom stereocenters. The summed E-state index contributed by atoms with van der Waals surface area (Å²) in [6.07, 6.45) is 1.47. The first-order valence-electron chi connectivity index (χ1n) is 12.5. The average Bonchev–Trinajstić information content (AvgIpc) is 2.71. The Morgan fingerprint density at radius 1 is 1.06 bits per heavy atom. The van der Waals surface area contributed by atoms with Gasteiger partial charge >= 0.3 is 5.97 Å². The molecule has 0 bridgehead atoms. The molecule has 35 heavy (non-hydrogen) atoms. The summed E-state index contributed by atoms with van der Waals surface area (Å²) in [5, 5.41) is 30.4. The van der Waals surface area contributed by atoms with Crippen LogP contribution in [0.15, 0.2) is 12.1 Å². The number of carboxylic acid groups (broad SMARTS) is 1. The van der Waals surface area contributed by atoms with Crippen LogP contribution in [-0.4, -0.2) is 80.4 Å². The second-order valence-corrected chi connectivity index (χ2v) is 11.9. The van der Waals surface area contributed by atoms with Crippen LogP contribution >= 0.6 is 0 Å². The summed E-state index contributed by atoms with van der Waals surface area (Å²) in [5.41, 5.74) is 0.0196. The van der Waals surface area contributed by atoms with Gasteiger partial charge in [0.2, 0.25) is 0 Å². The Morgan fingerprint density at radius 3 is 2.09 bits per heavy atom. The van der Waals surface area contributed by atoms with Crippen molar-refractivity contribution in [3.05, 3.63) is 23.3 Å². The molecule has 0 aliphatic carbocycles. The molecule has 8 nitrogen and oxygen atoms in total. The Hall–Kier alpha value is -2.32. The van der Waals surface area contributed by atoms with Gasteiger partial charge in [0.1, 0.15) is 17.5 Å². The van der Waals surface area contributed by atoms with E-state index in [1.165, 1.54) is 6.07 Å². The molecule has 1 aromatic rings. The SMILES string of the molecule is CC(C)c1cc(C(=O)N2CCC(CN(C(COC(C)(C)C)C(=O)O)C(C)(C)C)CC2)c(O)cc1O. The third-order valence-corrected chi connectivity index (χ3v) is 6.55. The fraction of sp³-hybridized carbons (Fsp3) is 0.704. The molecule has 1 amide bonds. The lowest BCUT2D eigenvalue weighted by molar-refractivity contribution is -0.152. The van der Waals surface area contributed by atoms with E-state index >= 15 is 0 Å². The van der Waals surface area contributed by atoms with Crippen molar-refractivity contribution < 1.29 is 29.6 Å². The second kappa shape index (κ2) is 11.2. The lowest BCUT2D eigenvalue weighted by Gasteiger charge is -2.43. The van der Waals surface area contributed by atoms with E-state index in [0.29, 0.717) is 25.2 Å². The summed E-state index contributed by atoms with van der Waals surface area (Å²) in [5.74, 6) is -1.15. The molecule has 1 aromatic carbocycles. The van der Waals surface area contributed by atoms with Crippen LogP contribution in [0.3, 0.4) is 0 Å². The fourth-order valence-electron chi connectivity index (χ4n) is 4.49. The Labute approximate surface area is 209 Å². The topological polar surface area (TPSA) is 111 Å². The number of hydrogen-bond acceptors (Lipinski definition) is 6. The predicted molar refractivity (Wildman–Crippen MR) is 136 cm³/mol. The number of phenols is 2. The molecule has 1 atom stereocenters. The van der Waals surface area contributed by atoms with Crippen LogP contribution in [0, 0.1) is 5.92 Å². The number of carbonyl (C=O) groups is 2. The van der Waals surface area contributed by atoms with Crippen molar-refractivity contribution in [2.24, 2.45) is 5.92 Å². The van der Waals surface area contributed by atoms with Crippen molar-refractivity contribution in [2.75, 3.05) is 26.2 Å². The van der Waals surface area contributed by atoms with Gasteiger partial charge < -0.3 is 25.0 Å². The molecule has 1 aliphatic heterocycles. The van der Waals surface area contributed by atoms with E-state index in [1.807, 2.05) is 60.3 Å². The molecule has 1 aliphatic rings. The van der Waals surface area contributed by atoms with Gasteiger partial charge in [-0.25, -0.2) is 0 Å². The summed E-state index contributed by atoms with van der Waals surface area (Å²) >= 11 is 0. The van der Waals surface area contributed by atoms with Crippen LogP contribution in [0.5, 0.6) is 11.5 Å². The van der Waals surface area contributed by atoms with Crippen molar-refractivity contribution >= 4 is 11.9 Å². The molecule has 1 saturated heterocycles. The quantitative estimate of drug-likeness (QED) is 0.492. The number of aromatic hydroxyl groups is 2. The molecule has 1 fully saturated rings. The van der Waals surface area contributed by atoms with Crippen molar-refractivity contribution in [1.82, 2.24) is 9.80 Å². The number of rotatable bonds is 8. The minimum atomic E-state index is -0.902. The fourth-order valence-corrected chi connectivity index (χ4v) is 4.49. The van der Waals surface area contributed by atoms with Gasteiger partial charge in [-0.05, 0) is 77.8 Å². The standard InChI is InChI=1S/C27H44N2O6/c1-17(2)19-13-20(23(31)14-22(19)30)24(32)28-11-9-18(10-12-28)15-29(26(3,4)5)21(25(33)34)16-35-27(6,7)8/h13-14,17-18,21,30-31H,9-12,15-16H2,1-8H3,(H,33,34). The highest BCUT2D eigenvalue weighted by atomic mass is 16.5. The van der Waals surface area contributed by atoms with Crippen LogP contribution in [-0.2, 0) is 9.53 Å². The number of aliphatic carboxylic acids is 1. The summed E-state index contributed by atoms with van der Waals surface area (Å²) in [4.78, 5) is 29.0. The van der Waals surface area contributed by atoms with Crippen molar-refractivity contribution in [3.63, 3.8) is 0 Å². The van der Waals surface area contributed by atoms with E-state index in [2.05, 4.69) is 0 Å². The third-order valence-electron chi connectivity index (χ3n) is 6.55. The summed E-state index contributed by atoms with van der Waals surface area (Å²) in [6, 6.07) is 2.05. The van der Waals surface area contributed by atoms with Crippen molar-refractivity contribution in [2.45, 2.75) is 91.3 Å². The molecule has 0 spiro atoms. The molecule has 0 aromatic heterocycles. The molecule has 0 saturated carbocycles. The van der Waals surface area contributed by atoms with Gasteiger partial charge in [0, 0.05) is 31.2 Å². The summed E-state index contributed by atoms with van der Waals surface area (Å²) < 4.78 is 5.84. The number of phenolic OH excluding ortho intramolecular Hbond substituents is 2. The lowest BCUT2D eigenvalue weighted by atomic mass is 9.92. The second-order valence-electron chi connectivity index (χ2n) is 11.9. The maximum atomic E-state index is 13.2. The number of ether oxygens (including phenoxy) is 1. The van der Waals surface area contributed by atoms with Crippen LogP contribution in [0.25, 0.3) is 0 Å². The maximum absolute atomic E-state index is 13.2. The van der Waals surface area contributed by atoms with Gasteiger partial charge in [0.25, 0.3) is 5.91 Å². The Kier molecular flexibility index (Phi) is 9.22. The summed E-state index contributed by atoms with van der Waals surface area (Å²) in [6.45, 7) is 17.4. The number of carboxylic acids is 1. The minimum Gasteiger partial charge on any atom is -0.508 e. The Balaban J connectivity index is 2.11. The first kappa shape index (κ1) is 28.9. The number of nitrogens with zero attached hydrogens (tertiary/aromatic N) is 2. The van der Waals surface area contributed by atoms with E-state index in [-0.39, 0.29) is 47.0 Å². The number of likely N-dealkylation sites (tertiary alicyclic amines) is 1. The van der Waals surface area contributed by atoms with E-state index < -0.39 is 17.6 Å². The normalized spacial score (nSPS) is 16.7. The van der Waals surface area contributed by atoms with Gasteiger partial charge in [0.05, 0.1) is 17.8 Å². The zero-order chi connectivity index (χ0) is 26.7. The largest absolute Gasteiger partial charge is 0.508 e. The first-order chi connectivity index (χ1) is 16.0. The van der Waals surface area contributed by atoms with Gasteiger partial charge in [0.15, 0.2) is 0 Å². The van der Waals surface area contributed by atoms with E-state index in [1.54, 1.807) is 11.0 Å². The highest BCUT2D eigenvalue weighted by molar-refractivity contribution is 5.97. The molecular weight excluding hydrogens is 448 g/mol. The highest BCUT2D eigenvalue weighted by Gasteiger charge is 2.37. The number of amides is 1. The van der Waals surface area contributed by atoms with E-state index in [9.17, 15) is 24.9 Å². The third kappa shape index (κ3) is 7.84. The number of hydrogen-bond donors (Lipinski definition) is 3. The van der Waals surface area contributed by atoms with Crippen molar-refractivity contribution in [3.8, 4) is 11.5 Å². The Bertz CT molecular complexity index is 892. The molecule has 8 heteroatoms.